The van der Waals surface area contributed by atoms with Crippen molar-refractivity contribution in [1.82, 2.24) is 24.7 Å². The lowest BCUT2D eigenvalue weighted by Crippen LogP contribution is -2.18. The topological polar surface area (TPSA) is 154 Å². The summed E-state index contributed by atoms with van der Waals surface area (Å²) in [6.45, 7) is 0.403. The number of methoxy groups -OCH3 is 2. The van der Waals surface area contributed by atoms with Gasteiger partial charge in [-0.15, -0.1) is 9.78 Å². The van der Waals surface area contributed by atoms with Crippen molar-refractivity contribution in [2.45, 2.75) is 12.3 Å². The Morgan fingerprint density at radius 3 is 2.54 bits per heavy atom. The van der Waals surface area contributed by atoms with Gasteiger partial charge in [-0.2, -0.15) is 0 Å². The van der Waals surface area contributed by atoms with Crippen molar-refractivity contribution in [2.75, 3.05) is 27.4 Å². The molecule has 0 aliphatic rings. The fourth-order valence-electron chi connectivity index (χ4n) is 3.75. The zero-order chi connectivity index (χ0) is 26.4. The Balaban J connectivity index is 1.82. The molecule has 11 nitrogen and oxygen atoms in total. The quantitative estimate of drug-likeness (QED) is 0.159. The molecule has 0 spiro atoms. The van der Waals surface area contributed by atoms with Gasteiger partial charge >= 0.3 is 5.69 Å². The van der Waals surface area contributed by atoms with E-state index in [0.717, 1.165) is 10.2 Å². The van der Waals surface area contributed by atoms with E-state index in [-0.39, 0.29) is 48.6 Å². The second kappa shape index (κ2) is 11.4. The van der Waals surface area contributed by atoms with E-state index in [1.54, 1.807) is 36.4 Å². The molecule has 0 saturated heterocycles. The number of amidine groups is 1. The largest absolute Gasteiger partial charge is 0.497 e. The van der Waals surface area contributed by atoms with E-state index in [2.05, 4.69) is 20.1 Å². The summed E-state index contributed by atoms with van der Waals surface area (Å²) in [6.07, 6.45) is 3.23. The molecule has 12 heteroatoms. The number of nitrogens with zero attached hydrogens (tertiary/aromatic N) is 4. The van der Waals surface area contributed by atoms with Crippen LogP contribution in [0.3, 0.4) is 0 Å². The number of hydrogen-bond donors (Lipinski definition) is 3. The molecule has 0 bridgehead atoms. The summed E-state index contributed by atoms with van der Waals surface area (Å²) in [6, 6.07) is 11.6. The summed E-state index contributed by atoms with van der Waals surface area (Å²) in [5.41, 5.74) is 6.56. The third-order valence-corrected chi connectivity index (χ3v) is 5.61. The standard InChI is InChI=1S/C25H26FN7O4/c1-35-10-11-37-20-14-17(36-2)13-18(21(20)26)19(12-15-4-6-16(7-5-15)22(27)28)23-31-25(34)33(32-23)24-29-8-3-9-30-24/h3-9,13-14,19H,10-12H2,1-2H3,(H3,27,28)(H,31,32,34). The number of aromatic nitrogens is 5. The van der Waals surface area contributed by atoms with Crippen LogP contribution in [0.25, 0.3) is 5.95 Å². The normalized spacial score (nSPS) is 11.8. The highest BCUT2D eigenvalue weighted by atomic mass is 19.1. The first-order valence-electron chi connectivity index (χ1n) is 11.3. The van der Waals surface area contributed by atoms with Gasteiger partial charge in [0, 0.05) is 36.7 Å². The Labute approximate surface area is 211 Å². The Morgan fingerprint density at radius 1 is 1.16 bits per heavy atom. The number of benzene rings is 2. The van der Waals surface area contributed by atoms with Crippen molar-refractivity contribution >= 4 is 5.84 Å². The number of ether oxygens (including phenoxy) is 3. The molecule has 2 aromatic carbocycles. The molecular weight excluding hydrogens is 481 g/mol. The van der Waals surface area contributed by atoms with Crippen LogP contribution in [0.2, 0.25) is 0 Å². The predicted molar refractivity (Wildman–Crippen MR) is 133 cm³/mol. The molecule has 0 aliphatic carbocycles. The zero-order valence-corrected chi connectivity index (χ0v) is 20.3. The van der Waals surface area contributed by atoms with Crippen molar-refractivity contribution in [3.8, 4) is 17.4 Å². The van der Waals surface area contributed by atoms with Crippen molar-refractivity contribution in [1.29, 1.82) is 5.41 Å². The molecule has 0 radical (unpaired) electrons. The number of H-pyrrole nitrogens is 1. The number of hydrogen-bond acceptors (Lipinski definition) is 8. The number of nitrogens with two attached hydrogens (primary N) is 1. The number of halogens is 1. The molecule has 0 fully saturated rings. The summed E-state index contributed by atoms with van der Waals surface area (Å²) < 4.78 is 32.9. The zero-order valence-electron chi connectivity index (χ0n) is 20.3. The number of nitrogens with one attached hydrogen (secondary N) is 2. The molecule has 0 aliphatic heterocycles. The minimum Gasteiger partial charge on any atom is -0.497 e. The maximum Gasteiger partial charge on any atom is 0.350 e. The van der Waals surface area contributed by atoms with Crippen LogP contribution < -0.4 is 20.9 Å². The Hall–Kier alpha value is -4.58. The lowest BCUT2D eigenvalue weighted by atomic mass is 9.90. The Kier molecular flexibility index (Phi) is 7.89. The third-order valence-electron chi connectivity index (χ3n) is 5.61. The van der Waals surface area contributed by atoms with Crippen molar-refractivity contribution in [3.05, 3.63) is 93.7 Å². The predicted octanol–water partition coefficient (Wildman–Crippen LogP) is 2.18. The third kappa shape index (κ3) is 5.81. The minimum atomic E-state index is -0.749. The van der Waals surface area contributed by atoms with Gasteiger partial charge in [0.05, 0.1) is 19.6 Å². The molecule has 4 aromatic rings. The molecule has 1 atom stereocenters. The second-order valence-electron chi connectivity index (χ2n) is 8.01. The first-order chi connectivity index (χ1) is 17.9. The van der Waals surface area contributed by atoms with Crippen molar-refractivity contribution < 1.29 is 18.6 Å². The van der Waals surface area contributed by atoms with Gasteiger partial charge in [0.15, 0.2) is 11.6 Å². The molecule has 4 rings (SSSR count). The van der Waals surface area contributed by atoms with Gasteiger partial charge < -0.3 is 19.9 Å². The van der Waals surface area contributed by atoms with Crippen LogP contribution in [0.15, 0.2) is 59.7 Å². The fourth-order valence-corrected chi connectivity index (χ4v) is 3.75. The number of nitrogen functional groups attached to an aromatic ring is 1. The molecule has 0 amide bonds. The maximum atomic E-state index is 15.8. The average Bonchev–Trinajstić information content (AvgIpc) is 3.30. The van der Waals surface area contributed by atoms with Gasteiger partial charge in [0.1, 0.15) is 24.0 Å². The maximum absolute atomic E-state index is 15.8. The lowest BCUT2D eigenvalue weighted by Gasteiger charge is -2.19. The summed E-state index contributed by atoms with van der Waals surface area (Å²) in [5, 5.41) is 12.0. The van der Waals surface area contributed by atoms with Crippen LogP contribution in [0.4, 0.5) is 4.39 Å². The number of aromatic amines is 1. The first kappa shape index (κ1) is 25.5. The molecule has 37 heavy (non-hydrogen) atoms. The molecule has 2 aromatic heterocycles. The van der Waals surface area contributed by atoms with Gasteiger partial charge in [0.25, 0.3) is 5.95 Å². The summed E-state index contributed by atoms with van der Waals surface area (Å²) >= 11 is 0. The van der Waals surface area contributed by atoms with Gasteiger partial charge in [-0.1, -0.05) is 24.3 Å². The molecule has 2 heterocycles. The molecule has 192 valence electrons. The minimum absolute atomic E-state index is 0.0171. The van der Waals surface area contributed by atoms with Crippen LogP contribution in [0, 0.1) is 11.2 Å². The monoisotopic (exact) mass is 507 g/mol. The highest BCUT2D eigenvalue weighted by Gasteiger charge is 2.27. The Morgan fingerprint density at radius 2 is 1.89 bits per heavy atom. The average molecular weight is 508 g/mol. The SMILES string of the molecule is COCCOc1cc(OC)cc(C(Cc2ccc(C(=N)N)cc2)c2nn(-c3ncccn3)c(=O)[nH]2)c1F. The lowest BCUT2D eigenvalue weighted by molar-refractivity contribution is 0.143. The van der Waals surface area contributed by atoms with Gasteiger partial charge in [-0.05, 0) is 24.1 Å². The highest BCUT2D eigenvalue weighted by Crippen LogP contribution is 2.36. The van der Waals surface area contributed by atoms with Crippen LogP contribution in [-0.2, 0) is 11.2 Å². The van der Waals surface area contributed by atoms with E-state index in [0.29, 0.717) is 11.3 Å². The van der Waals surface area contributed by atoms with Crippen LogP contribution in [0.1, 0.15) is 28.4 Å². The van der Waals surface area contributed by atoms with Crippen LogP contribution in [-0.4, -0.2) is 58.0 Å². The van der Waals surface area contributed by atoms with E-state index in [4.69, 9.17) is 25.4 Å². The van der Waals surface area contributed by atoms with Gasteiger partial charge in [-0.25, -0.2) is 19.2 Å². The molecule has 4 N–H and O–H groups in total. The molecule has 1 unspecified atom stereocenters. The van der Waals surface area contributed by atoms with Crippen LogP contribution in [0.5, 0.6) is 11.5 Å². The van der Waals surface area contributed by atoms with Gasteiger partial charge in [-0.3, -0.25) is 10.4 Å². The molecule has 0 saturated carbocycles. The van der Waals surface area contributed by atoms with Gasteiger partial charge in [0.2, 0.25) is 0 Å². The Bertz CT molecular complexity index is 1420. The first-order valence-corrected chi connectivity index (χ1v) is 11.3. The van der Waals surface area contributed by atoms with E-state index >= 15 is 4.39 Å². The summed E-state index contributed by atoms with van der Waals surface area (Å²) in [5.74, 6) is -0.803. The second-order valence-corrected chi connectivity index (χ2v) is 8.01. The van der Waals surface area contributed by atoms with E-state index in [1.807, 2.05) is 0 Å². The van der Waals surface area contributed by atoms with E-state index < -0.39 is 17.4 Å². The summed E-state index contributed by atoms with van der Waals surface area (Å²) in [7, 11) is 2.99. The van der Waals surface area contributed by atoms with E-state index in [1.165, 1.54) is 32.7 Å². The number of rotatable bonds is 11. The highest BCUT2D eigenvalue weighted by molar-refractivity contribution is 5.94. The smallest absolute Gasteiger partial charge is 0.350 e. The van der Waals surface area contributed by atoms with Crippen LogP contribution >= 0.6 is 0 Å². The van der Waals surface area contributed by atoms with E-state index in [9.17, 15) is 4.79 Å². The van der Waals surface area contributed by atoms with Crippen molar-refractivity contribution in [2.24, 2.45) is 5.73 Å². The van der Waals surface area contributed by atoms with Crippen molar-refractivity contribution in [3.63, 3.8) is 0 Å². The molecular formula is C25H26FN7O4. The fraction of sp³-hybridized carbons (Fsp3) is 0.240. The summed E-state index contributed by atoms with van der Waals surface area (Å²) in [4.78, 5) is 23.6.